The molecular weight excluding hydrogens is 213 g/mol. The van der Waals surface area contributed by atoms with Crippen LogP contribution in [0, 0.1) is 17.7 Å². The summed E-state index contributed by atoms with van der Waals surface area (Å²) in [5.74, 6) is 1.51. The molecule has 1 nitrogen and oxygen atoms in total. The Morgan fingerprint density at radius 1 is 1.24 bits per heavy atom. The Labute approximate surface area is 103 Å². The molecule has 0 bridgehead atoms. The maximum absolute atomic E-state index is 13.0. The van der Waals surface area contributed by atoms with Crippen LogP contribution in [0.5, 0.6) is 0 Å². The highest BCUT2D eigenvalue weighted by Gasteiger charge is 2.23. The van der Waals surface area contributed by atoms with E-state index < -0.39 is 0 Å². The molecule has 94 valence electrons. The molecule has 17 heavy (non-hydrogen) atoms. The largest absolute Gasteiger partial charge is 0.310 e. The highest BCUT2D eigenvalue weighted by molar-refractivity contribution is 5.16. The van der Waals surface area contributed by atoms with Crippen molar-refractivity contribution in [3.8, 4) is 0 Å². The first-order valence-corrected chi connectivity index (χ1v) is 6.63. The second-order valence-electron chi connectivity index (χ2n) is 5.48. The van der Waals surface area contributed by atoms with Crippen molar-refractivity contribution in [2.24, 2.45) is 11.8 Å². The lowest BCUT2D eigenvalue weighted by Gasteiger charge is -2.32. The summed E-state index contributed by atoms with van der Waals surface area (Å²) in [7, 11) is 0. The third-order valence-corrected chi connectivity index (χ3v) is 4.08. The van der Waals surface area contributed by atoms with Crippen LogP contribution in [-0.4, -0.2) is 6.04 Å². The minimum Gasteiger partial charge on any atom is -0.310 e. The predicted molar refractivity (Wildman–Crippen MR) is 69.2 cm³/mol. The number of benzene rings is 1. The molecule has 0 aromatic heterocycles. The highest BCUT2D eigenvalue weighted by Crippen LogP contribution is 2.29. The van der Waals surface area contributed by atoms with Gasteiger partial charge in [0.05, 0.1) is 0 Å². The molecule has 1 saturated carbocycles. The lowest BCUT2D eigenvalue weighted by atomic mass is 9.79. The first-order chi connectivity index (χ1) is 8.15. The average molecular weight is 235 g/mol. The lowest BCUT2D eigenvalue weighted by Crippen LogP contribution is -2.35. The van der Waals surface area contributed by atoms with Crippen molar-refractivity contribution < 1.29 is 4.39 Å². The maximum atomic E-state index is 13.0. The van der Waals surface area contributed by atoms with Gasteiger partial charge in [-0.15, -0.1) is 0 Å². The van der Waals surface area contributed by atoms with Gasteiger partial charge in [-0.2, -0.15) is 0 Å². The summed E-state index contributed by atoms with van der Waals surface area (Å²) < 4.78 is 13.0. The predicted octanol–water partition coefficient (Wildman–Crippen LogP) is 3.74. The summed E-state index contributed by atoms with van der Waals surface area (Å²) in [5.41, 5.74) is 1.04. The van der Waals surface area contributed by atoms with E-state index >= 15 is 0 Å². The zero-order valence-corrected chi connectivity index (χ0v) is 10.7. The molecule has 0 heterocycles. The van der Waals surface area contributed by atoms with Crippen molar-refractivity contribution in [1.29, 1.82) is 0 Å². The number of hydrogen-bond acceptors (Lipinski definition) is 1. The number of rotatable bonds is 3. The topological polar surface area (TPSA) is 12.0 Å². The molecule has 3 unspecified atom stereocenters. The van der Waals surface area contributed by atoms with Crippen molar-refractivity contribution in [3.63, 3.8) is 0 Å². The van der Waals surface area contributed by atoms with Gasteiger partial charge in [-0.1, -0.05) is 26.0 Å². The van der Waals surface area contributed by atoms with Crippen molar-refractivity contribution in [3.05, 3.63) is 35.6 Å². The molecule has 0 aliphatic heterocycles. The second-order valence-corrected chi connectivity index (χ2v) is 5.48. The van der Waals surface area contributed by atoms with Crippen LogP contribution in [0.2, 0.25) is 0 Å². The van der Waals surface area contributed by atoms with Crippen LogP contribution in [-0.2, 0) is 6.54 Å². The van der Waals surface area contributed by atoms with E-state index in [9.17, 15) is 4.39 Å². The Balaban J connectivity index is 1.82. The molecule has 1 aromatic rings. The van der Waals surface area contributed by atoms with E-state index in [1.54, 1.807) is 12.1 Å². The van der Waals surface area contributed by atoms with Gasteiger partial charge in [0.2, 0.25) is 0 Å². The Morgan fingerprint density at radius 3 is 2.76 bits per heavy atom. The van der Waals surface area contributed by atoms with Gasteiger partial charge in [0, 0.05) is 12.6 Å². The van der Waals surface area contributed by atoms with Crippen molar-refractivity contribution in [1.82, 2.24) is 5.32 Å². The van der Waals surface area contributed by atoms with E-state index in [0.717, 1.165) is 23.9 Å². The molecule has 2 heteroatoms. The first kappa shape index (κ1) is 12.6. The van der Waals surface area contributed by atoms with Crippen LogP contribution in [0.4, 0.5) is 4.39 Å². The molecule has 0 saturated heterocycles. The van der Waals surface area contributed by atoms with E-state index in [2.05, 4.69) is 19.2 Å². The van der Waals surface area contributed by atoms with E-state index in [-0.39, 0.29) is 5.82 Å². The van der Waals surface area contributed by atoms with Gasteiger partial charge >= 0.3 is 0 Å². The Bertz CT molecular complexity index is 364. The van der Waals surface area contributed by atoms with Crippen molar-refractivity contribution in [2.75, 3.05) is 0 Å². The summed E-state index contributed by atoms with van der Waals surface area (Å²) in [6.07, 6.45) is 3.80. The molecule has 2 rings (SSSR count). The fraction of sp³-hybridized carbons (Fsp3) is 0.600. The van der Waals surface area contributed by atoms with Crippen molar-refractivity contribution >= 4 is 0 Å². The minimum atomic E-state index is -0.144. The molecule has 1 N–H and O–H groups in total. The summed E-state index contributed by atoms with van der Waals surface area (Å²) in [5, 5.41) is 3.55. The molecule has 1 aliphatic rings. The van der Waals surface area contributed by atoms with E-state index in [1.165, 1.54) is 25.3 Å². The molecule has 1 aliphatic carbocycles. The number of hydrogen-bond donors (Lipinski definition) is 1. The fourth-order valence-electron chi connectivity index (χ4n) is 2.64. The lowest BCUT2D eigenvalue weighted by molar-refractivity contribution is 0.225. The molecule has 0 amide bonds. The van der Waals surface area contributed by atoms with Crippen LogP contribution in [0.1, 0.15) is 38.7 Å². The fourth-order valence-corrected chi connectivity index (χ4v) is 2.64. The molecule has 1 aromatic carbocycles. The minimum absolute atomic E-state index is 0.144. The summed E-state index contributed by atoms with van der Waals surface area (Å²) >= 11 is 0. The van der Waals surface area contributed by atoms with Gasteiger partial charge < -0.3 is 5.32 Å². The Kier molecular flexibility index (Phi) is 4.16. The number of halogens is 1. The SMILES string of the molecule is CC1CCC(NCc2cccc(F)c2)CC1C. The zero-order chi connectivity index (χ0) is 12.3. The van der Waals surface area contributed by atoms with Crippen LogP contribution in [0.25, 0.3) is 0 Å². The molecular formula is C15H22FN. The van der Waals surface area contributed by atoms with Gasteiger partial charge in [0.1, 0.15) is 5.82 Å². The van der Waals surface area contributed by atoms with Crippen molar-refractivity contribution in [2.45, 2.75) is 45.7 Å². The third-order valence-electron chi connectivity index (χ3n) is 4.08. The highest BCUT2D eigenvalue weighted by atomic mass is 19.1. The van der Waals surface area contributed by atoms with Gasteiger partial charge in [-0.25, -0.2) is 4.39 Å². The van der Waals surface area contributed by atoms with Gasteiger partial charge in [-0.05, 0) is 48.8 Å². The third kappa shape index (κ3) is 3.53. The Morgan fingerprint density at radius 2 is 2.06 bits per heavy atom. The summed E-state index contributed by atoms with van der Waals surface area (Å²) in [6, 6.07) is 7.46. The zero-order valence-electron chi connectivity index (χ0n) is 10.7. The van der Waals surface area contributed by atoms with E-state index in [0.29, 0.717) is 6.04 Å². The van der Waals surface area contributed by atoms with E-state index in [1.807, 2.05) is 6.07 Å². The van der Waals surface area contributed by atoms with Gasteiger partial charge in [0.25, 0.3) is 0 Å². The second kappa shape index (κ2) is 5.63. The quantitative estimate of drug-likeness (QED) is 0.841. The molecule has 0 spiro atoms. The number of nitrogens with one attached hydrogen (secondary N) is 1. The van der Waals surface area contributed by atoms with Crippen LogP contribution in [0.15, 0.2) is 24.3 Å². The first-order valence-electron chi connectivity index (χ1n) is 6.63. The molecule has 3 atom stereocenters. The molecule has 1 fully saturated rings. The normalized spacial score (nSPS) is 29.2. The average Bonchev–Trinajstić information content (AvgIpc) is 2.31. The summed E-state index contributed by atoms with van der Waals surface area (Å²) in [4.78, 5) is 0. The Hall–Kier alpha value is -0.890. The van der Waals surface area contributed by atoms with Crippen LogP contribution in [0.3, 0.4) is 0 Å². The van der Waals surface area contributed by atoms with Gasteiger partial charge in [0.15, 0.2) is 0 Å². The van der Waals surface area contributed by atoms with Gasteiger partial charge in [-0.3, -0.25) is 0 Å². The smallest absolute Gasteiger partial charge is 0.123 e. The molecule has 0 radical (unpaired) electrons. The van der Waals surface area contributed by atoms with E-state index in [4.69, 9.17) is 0 Å². The van der Waals surface area contributed by atoms with Crippen LogP contribution < -0.4 is 5.32 Å². The maximum Gasteiger partial charge on any atom is 0.123 e. The summed E-state index contributed by atoms with van der Waals surface area (Å²) in [6.45, 7) is 5.46. The monoisotopic (exact) mass is 235 g/mol. The standard InChI is InChI=1S/C15H22FN/c1-11-6-7-15(8-12(11)2)17-10-13-4-3-5-14(16)9-13/h3-5,9,11-12,15,17H,6-8,10H2,1-2H3. The van der Waals surface area contributed by atoms with Crippen LogP contribution >= 0.6 is 0 Å².